The lowest BCUT2D eigenvalue weighted by atomic mass is 10.2. The lowest BCUT2D eigenvalue weighted by Crippen LogP contribution is -2.10. The number of hydrogen-bond acceptors (Lipinski definition) is 5. The highest BCUT2D eigenvalue weighted by Crippen LogP contribution is 2.37. The fraction of sp³-hybridized carbons (Fsp3) is 0.250. The molecule has 0 aromatic carbocycles. The van der Waals surface area contributed by atoms with Crippen molar-refractivity contribution in [3.63, 3.8) is 0 Å². The molecule has 114 valence electrons. The number of alkyl halides is 3. The van der Waals surface area contributed by atoms with Crippen LogP contribution in [-0.4, -0.2) is 19.7 Å². The summed E-state index contributed by atoms with van der Waals surface area (Å²) in [5, 5.41) is 22.8. The van der Waals surface area contributed by atoms with Gasteiger partial charge in [0.1, 0.15) is 11.8 Å². The summed E-state index contributed by atoms with van der Waals surface area (Å²) in [7, 11) is 0. The predicted molar refractivity (Wildman–Crippen MR) is 66.7 cm³/mol. The molecular weight excluding hydrogens is 303 g/mol. The fourth-order valence-corrected chi connectivity index (χ4v) is 1.84. The molecule has 0 unspecified atom stereocenters. The summed E-state index contributed by atoms with van der Waals surface area (Å²) in [5.41, 5.74) is -2.20. The summed E-state index contributed by atoms with van der Waals surface area (Å²) in [6.45, 7) is 1.01. The van der Waals surface area contributed by atoms with Crippen molar-refractivity contribution in [1.29, 1.82) is 5.26 Å². The second-order valence-corrected chi connectivity index (χ2v) is 4.35. The third-order valence-corrected chi connectivity index (χ3v) is 2.89. The maximum atomic E-state index is 12.8. The zero-order valence-electron chi connectivity index (χ0n) is 11.1. The minimum atomic E-state index is -4.92. The third kappa shape index (κ3) is 2.88. The Morgan fingerprint density at radius 1 is 1.45 bits per heavy atom. The topological polar surface area (TPSA) is 97.6 Å². The standard InChI is InChI=1S/C12H8F3N5O2/c1-7-10(20(21)22)11(12(13,14)15)18-19(7)6-9-3-2-8(4-16)5-17-9/h2-3,5H,6H2,1H3. The number of halogens is 3. The Hall–Kier alpha value is -2.96. The number of rotatable bonds is 3. The van der Waals surface area contributed by atoms with Crippen LogP contribution >= 0.6 is 0 Å². The largest absolute Gasteiger partial charge is 0.442 e. The van der Waals surface area contributed by atoms with E-state index >= 15 is 0 Å². The minimum Gasteiger partial charge on any atom is -0.258 e. The highest BCUT2D eigenvalue weighted by Gasteiger charge is 2.44. The average molecular weight is 311 g/mol. The van der Waals surface area contributed by atoms with Crippen LogP contribution in [0.2, 0.25) is 0 Å². The maximum absolute atomic E-state index is 12.8. The summed E-state index contributed by atoms with van der Waals surface area (Å²) in [6, 6.07) is 4.74. The van der Waals surface area contributed by atoms with Crippen molar-refractivity contribution in [2.75, 3.05) is 0 Å². The summed E-state index contributed by atoms with van der Waals surface area (Å²) < 4.78 is 39.3. The molecule has 0 saturated carbocycles. The highest BCUT2D eigenvalue weighted by atomic mass is 19.4. The van der Waals surface area contributed by atoms with Crippen LogP contribution in [0.5, 0.6) is 0 Å². The Morgan fingerprint density at radius 2 is 2.14 bits per heavy atom. The molecule has 0 aliphatic rings. The number of nitrogens with zero attached hydrogens (tertiary/aromatic N) is 5. The van der Waals surface area contributed by atoms with Crippen LogP contribution in [0.1, 0.15) is 22.6 Å². The molecule has 0 N–H and O–H groups in total. The lowest BCUT2D eigenvalue weighted by Gasteiger charge is -2.03. The van der Waals surface area contributed by atoms with Gasteiger partial charge in [0.05, 0.1) is 22.7 Å². The summed E-state index contributed by atoms with van der Waals surface area (Å²) >= 11 is 0. The zero-order chi connectivity index (χ0) is 16.5. The van der Waals surface area contributed by atoms with Crippen molar-refractivity contribution in [2.45, 2.75) is 19.6 Å². The molecule has 0 aliphatic carbocycles. The first kappa shape index (κ1) is 15.4. The molecule has 0 fully saturated rings. The SMILES string of the molecule is Cc1c([N+](=O)[O-])c(C(F)(F)F)nn1Cc1ccc(C#N)cn1. The Balaban J connectivity index is 2.43. The van der Waals surface area contributed by atoms with Gasteiger partial charge in [-0.25, -0.2) is 0 Å². The van der Waals surface area contributed by atoms with Crippen LogP contribution in [-0.2, 0) is 12.7 Å². The van der Waals surface area contributed by atoms with Crippen LogP contribution in [0.15, 0.2) is 18.3 Å². The van der Waals surface area contributed by atoms with Gasteiger partial charge in [-0.15, -0.1) is 0 Å². The molecule has 2 aromatic rings. The van der Waals surface area contributed by atoms with E-state index < -0.39 is 22.5 Å². The number of nitriles is 1. The molecule has 0 spiro atoms. The van der Waals surface area contributed by atoms with Gasteiger partial charge in [0.15, 0.2) is 0 Å². The van der Waals surface area contributed by atoms with Crippen molar-refractivity contribution in [2.24, 2.45) is 0 Å². The number of hydrogen-bond donors (Lipinski definition) is 0. The first-order valence-electron chi connectivity index (χ1n) is 5.88. The van der Waals surface area contributed by atoms with Gasteiger partial charge in [0, 0.05) is 6.20 Å². The summed E-state index contributed by atoms with van der Waals surface area (Å²) in [6.07, 6.45) is -3.66. The molecule has 0 amide bonds. The minimum absolute atomic E-state index is 0.172. The van der Waals surface area contributed by atoms with Crippen LogP contribution in [0.3, 0.4) is 0 Å². The first-order chi connectivity index (χ1) is 10.2. The molecular formula is C12H8F3N5O2. The van der Waals surface area contributed by atoms with E-state index in [0.29, 0.717) is 11.3 Å². The van der Waals surface area contributed by atoms with E-state index in [0.717, 1.165) is 4.68 Å². The van der Waals surface area contributed by atoms with Crippen LogP contribution in [0.25, 0.3) is 0 Å². The smallest absolute Gasteiger partial charge is 0.258 e. The second kappa shape index (κ2) is 5.44. The van der Waals surface area contributed by atoms with Gasteiger partial charge in [-0.2, -0.15) is 23.5 Å². The van der Waals surface area contributed by atoms with Gasteiger partial charge in [-0.05, 0) is 19.1 Å². The maximum Gasteiger partial charge on any atom is 0.442 e. The van der Waals surface area contributed by atoms with E-state index in [2.05, 4.69) is 10.1 Å². The van der Waals surface area contributed by atoms with Crippen molar-refractivity contribution in [1.82, 2.24) is 14.8 Å². The van der Waals surface area contributed by atoms with E-state index in [9.17, 15) is 23.3 Å². The van der Waals surface area contributed by atoms with Crippen molar-refractivity contribution in [3.05, 3.63) is 51.1 Å². The van der Waals surface area contributed by atoms with E-state index in [1.54, 1.807) is 0 Å². The Bertz CT molecular complexity index is 759. The molecule has 10 heteroatoms. The average Bonchev–Trinajstić information content (AvgIpc) is 2.77. The normalized spacial score (nSPS) is 11.2. The summed E-state index contributed by atoms with van der Waals surface area (Å²) in [5.74, 6) is 0. The molecule has 0 atom stereocenters. The summed E-state index contributed by atoms with van der Waals surface area (Å²) in [4.78, 5) is 13.6. The van der Waals surface area contributed by atoms with Crippen molar-refractivity contribution < 1.29 is 18.1 Å². The fourth-order valence-electron chi connectivity index (χ4n) is 1.84. The highest BCUT2D eigenvalue weighted by molar-refractivity contribution is 5.42. The van der Waals surface area contributed by atoms with Gasteiger partial charge in [0.25, 0.3) is 0 Å². The van der Waals surface area contributed by atoms with Crippen molar-refractivity contribution >= 4 is 5.69 Å². The molecule has 7 nitrogen and oxygen atoms in total. The Morgan fingerprint density at radius 3 is 2.55 bits per heavy atom. The van der Waals surface area contributed by atoms with E-state index in [4.69, 9.17) is 5.26 Å². The molecule has 2 aromatic heterocycles. The van der Waals surface area contributed by atoms with E-state index in [1.807, 2.05) is 6.07 Å². The number of nitro groups is 1. The predicted octanol–water partition coefficient (Wildman–Crippen LogP) is 2.43. The van der Waals surface area contributed by atoms with Gasteiger partial charge in [0.2, 0.25) is 5.69 Å². The van der Waals surface area contributed by atoms with Gasteiger partial charge in [-0.3, -0.25) is 19.8 Å². The van der Waals surface area contributed by atoms with Gasteiger partial charge in [-0.1, -0.05) is 0 Å². The molecule has 2 rings (SSSR count). The molecule has 22 heavy (non-hydrogen) atoms. The first-order valence-corrected chi connectivity index (χ1v) is 5.88. The Labute approximate surface area is 121 Å². The quantitative estimate of drug-likeness (QED) is 0.640. The van der Waals surface area contributed by atoms with E-state index in [1.165, 1.54) is 25.3 Å². The van der Waals surface area contributed by atoms with Gasteiger partial charge < -0.3 is 0 Å². The monoisotopic (exact) mass is 311 g/mol. The molecule has 2 heterocycles. The van der Waals surface area contributed by atoms with E-state index in [-0.39, 0.29) is 12.2 Å². The molecule has 0 radical (unpaired) electrons. The Kier molecular flexibility index (Phi) is 3.81. The number of aromatic nitrogens is 3. The third-order valence-electron chi connectivity index (χ3n) is 2.89. The number of pyridine rings is 1. The second-order valence-electron chi connectivity index (χ2n) is 4.35. The van der Waals surface area contributed by atoms with Crippen molar-refractivity contribution in [3.8, 4) is 6.07 Å². The zero-order valence-corrected chi connectivity index (χ0v) is 11.1. The van der Waals surface area contributed by atoms with Crippen LogP contribution in [0, 0.1) is 28.4 Å². The molecule has 0 bridgehead atoms. The van der Waals surface area contributed by atoms with Gasteiger partial charge >= 0.3 is 11.9 Å². The van der Waals surface area contributed by atoms with Crippen LogP contribution in [0.4, 0.5) is 18.9 Å². The molecule has 0 saturated heterocycles. The molecule has 0 aliphatic heterocycles. The lowest BCUT2D eigenvalue weighted by molar-refractivity contribution is -0.388. The van der Waals surface area contributed by atoms with Crippen LogP contribution < -0.4 is 0 Å².